The Bertz CT molecular complexity index is 731. The molecule has 0 spiro atoms. The number of nitrogens with zero attached hydrogens (tertiary/aromatic N) is 4. The lowest BCUT2D eigenvalue weighted by Crippen LogP contribution is -2.48. The number of hydrogen-bond acceptors (Lipinski definition) is 3. The third kappa shape index (κ3) is 6.89. The van der Waals surface area contributed by atoms with Crippen LogP contribution in [0.2, 0.25) is 0 Å². The molecule has 1 aliphatic heterocycles. The summed E-state index contributed by atoms with van der Waals surface area (Å²) in [5.74, 6) is 2.02. The SMILES string of the molecule is CCCN1CCC(NC(=NCCc2nccn2Cc2ccccc2)NCC)CC1. The van der Waals surface area contributed by atoms with E-state index in [0.717, 1.165) is 37.8 Å². The van der Waals surface area contributed by atoms with E-state index in [9.17, 15) is 0 Å². The summed E-state index contributed by atoms with van der Waals surface area (Å²) in [7, 11) is 0. The molecule has 0 atom stereocenters. The molecule has 0 radical (unpaired) electrons. The highest BCUT2D eigenvalue weighted by molar-refractivity contribution is 5.80. The van der Waals surface area contributed by atoms with Crippen LogP contribution in [0.25, 0.3) is 0 Å². The molecule has 6 nitrogen and oxygen atoms in total. The summed E-state index contributed by atoms with van der Waals surface area (Å²) in [4.78, 5) is 11.9. The van der Waals surface area contributed by atoms with E-state index in [2.05, 4.69) is 75.5 Å². The van der Waals surface area contributed by atoms with Gasteiger partial charge in [-0.2, -0.15) is 0 Å². The molecule has 6 heteroatoms. The first kappa shape index (κ1) is 21.4. The van der Waals surface area contributed by atoms with E-state index < -0.39 is 0 Å². The molecule has 1 aromatic heterocycles. The Labute approximate surface area is 175 Å². The summed E-state index contributed by atoms with van der Waals surface area (Å²) in [6.45, 7) is 10.4. The molecule has 1 fully saturated rings. The largest absolute Gasteiger partial charge is 0.357 e. The van der Waals surface area contributed by atoms with E-state index in [1.165, 1.54) is 44.5 Å². The number of benzene rings is 1. The Morgan fingerprint density at radius 1 is 1.17 bits per heavy atom. The minimum absolute atomic E-state index is 0.515. The van der Waals surface area contributed by atoms with Gasteiger partial charge in [0.25, 0.3) is 0 Å². The molecule has 0 aliphatic carbocycles. The number of nitrogens with one attached hydrogen (secondary N) is 2. The monoisotopic (exact) mass is 396 g/mol. The van der Waals surface area contributed by atoms with Gasteiger partial charge in [-0.05, 0) is 38.3 Å². The Hall–Kier alpha value is -2.34. The molecule has 0 amide bonds. The molecule has 29 heavy (non-hydrogen) atoms. The molecule has 158 valence electrons. The number of aliphatic imine (C=N–C) groups is 1. The first-order chi connectivity index (χ1) is 14.3. The lowest BCUT2D eigenvalue weighted by molar-refractivity contribution is 0.206. The second-order valence-electron chi connectivity index (χ2n) is 7.73. The molecule has 2 N–H and O–H groups in total. The first-order valence-electron chi connectivity index (χ1n) is 11.1. The molecule has 3 rings (SSSR count). The fourth-order valence-corrected chi connectivity index (χ4v) is 3.89. The van der Waals surface area contributed by atoms with Crippen molar-refractivity contribution >= 4 is 5.96 Å². The van der Waals surface area contributed by atoms with Gasteiger partial charge < -0.3 is 20.1 Å². The number of likely N-dealkylation sites (tertiary alicyclic amines) is 1. The van der Waals surface area contributed by atoms with Gasteiger partial charge in [-0.25, -0.2) is 4.98 Å². The fraction of sp³-hybridized carbons (Fsp3) is 0.565. The molecule has 2 aromatic rings. The van der Waals surface area contributed by atoms with Crippen LogP contribution < -0.4 is 10.6 Å². The second-order valence-corrected chi connectivity index (χ2v) is 7.73. The molecule has 0 saturated carbocycles. The van der Waals surface area contributed by atoms with Gasteiger partial charge in [-0.3, -0.25) is 4.99 Å². The van der Waals surface area contributed by atoms with E-state index >= 15 is 0 Å². The van der Waals surface area contributed by atoms with E-state index in [1.54, 1.807) is 0 Å². The maximum atomic E-state index is 4.81. The third-order valence-corrected chi connectivity index (χ3v) is 5.42. The van der Waals surface area contributed by atoms with Crippen LogP contribution in [0.4, 0.5) is 0 Å². The standard InChI is InChI=1S/C23H36N6/c1-3-15-28-16-11-21(12-17-28)27-23(24-4-2)26-13-10-22-25-14-18-29(22)19-20-8-6-5-7-9-20/h5-9,14,18,21H,3-4,10-13,15-17,19H2,1-2H3,(H2,24,26,27). The van der Waals surface area contributed by atoms with Crippen LogP contribution >= 0.6 is 0 Å². The number of guanidine groups is 1. The zero-order valence-corrected chi connectivity index (χ0v) is 18.0. The van der Waals surface area contributed by atoms with Crippen molar-refractivity contribution in [1.29, 1.82) is 0 Å². The maximum Gasteiger partial charge on any atom is 0.191 e. The van der Waals surface area contributed by atoms with Crippen LogP contribution in [-0.4, -0.2) is 59.2 Å². The van der Waals surface area contributed by atoms with Gasteiger partial charge in [0, 0.05) is 57.6 Å². The van der Waals surface area contributed by atoms with Crippen LogP contribution in [0.15, 0.2) is 47.7 Å². The summed E-state index contributed by atoms with van der Waals surface area (Å²) in [6.07, 6.45) is 8.39. The number of imidazole rings is 1. The molecular weight excluding hydrogens is 360 g/mol. The summed E-state index contributed by atoms with van der Waals surface area (Å²) < 4.78 is 2.22. The van der Waals surface area contributed by atoms with Crippen LogP contribution in [0.1, 0.15) is 44.5 Å². The lowest BCUT2D eigenvalue weighted by atomic mass is 10.1. The van der Waals surface area contributed by atoms with Crippen molar-refractivity contribution in [2.24, 2.45) is 4.99 Å². The quantitative estimate of drug-likeness (QED) is 0.505. The molecule has 0 bridgehead atoms. The van der Waals surface area contributed by atoms with E-state index in [1.807, 2.05) is 6.20 Å². The molecule has 2 heterocycles. The van der Waals surface area contributed by atoms with Gasteiger partial charge in [0.1, 0.15) is 5.82 Å². The van der Waals surface area contributed by atoms with Crippen LogP contribution in [0, 0.1) is 0 Å². The number of rotatable bonds is 9. The smallest absolute Gasteiger partial charge is 0.191 e. The van der Waals surface area contributed by atoms with Crippen molar-refractivity contribution in [3.05, 3.63) is 54.1 Å². The molecule has 1 saturated heterocycles. The zero-order chi connectivity index (χ0) is 20.3. The minimum atomic E-state index is 0.515. The van der Waals surface area contributed by atoms with Gasteiger partial charge in [0.05, 0.1) is 0 Å². The van der Waals surface area contributed by atoms with Gasteiger partial charge in [-0.15, -0.1) is 0 Å². The summed E-state index contributed by atoms with van der Waals surface area (Å²) in [5, 5.41) is 7.04. The van der Waals surface area contributed by atoms with Gasteiger partial charge in [0.2, 0.25) is 0 Å². The van der Waals surface area contributed by atoms with Crippen molar-refractivity contribution < 1.29 is 0 Å². The van der Waals surface area contributed by atoms with Crippen molar-refractivity contribution in [1.82, 2.24) is 25.1 Å². The van der Waals surface area contributed by atoms with E-state index in [0.29, 0.717) is 6.04 Å². The van der Waals surface area contributed by atoms with Crippen molar-refractivity contribution in [2.45, 2.75) is 52.1 Å². The second kappa shape index (κ2) is 11.6. The average molecular weight is 397 g/mol. The van der Waals surface area contributed by atoms with E-state index in [-0.39, 0.29) is 0 Å². The predicted molar refractivity (Wildman–Crippen MR) is 120 cm³/mol. The Kier molecular flexibility index (Phi) is 8.56. The maximum absolute atomic E-state index is 4.81. The minimum Gasteiger partial charge on any atom is -0.357 e. The Balaban J connectivity index is 1.50. The number of aromatic nitrogens is 2. The van der Waals surface area contributed by atoms with Gasteiger partial charge >= 0.3 is 0 Å². The number of piperidine rings is 1. The molecular formula is C23H36N6. The van der Waals surface area contributed by atoms with Gasteiger partial charge in [0.15, 0.2) is 5.96 Å². The highest BCUT2D eigenvalue weighted by Crippen LogP contribution is 2.10. The average Bonchev–Trinajstić information content (AvgIpc) is 3.17. The molecule has 1 aliphatic rings. The van der Waals surface area contributed by atoms with Crippen LogP contribution in [0.5, 0.6) is 0 Å². The number of hydrogen-bond donors (Lipinski definition) is 2. The van der Waals surface area contributed by atoms with Crippen LogP contribution in [0.3, 0.4) is 0 Å². The van der Waals surface area contributed by atoms with E-state index in [4.69, 9.17) is 4.99 Å². The van der Waals surface area contributed by atoms with Crippen LogP contribution in [-0.2, 0) is 13.0 Å². The van der Waals surface area contributed by atoms with Crippen molar-refractivity contribution in [2.75, 3.05) is 32.7 Å². The Morgan fingerprint density at radius 3 is 2.69 bits per heavy atom. The third-order valence-electron chi connectivity index (χ3n) is 5.42. The van der Waals surface area contributed by atoms with Crippen molar-refractivity contribution in [3.63, 3.8) is 0 Å². The van der Waals surface area contributed by atoms with Crippen molar-refractivity contribution in [3.8, 4) is 0 Å². The summed E-state index contributed by atoms with van der Waals surface area (Å²) in [6, 6.07) is 11.0. The highest BCUT2D eigenvalue weighted by Gasteiger charge is 2.19. The van der Waals surface area contributed by atoms with Gasteiger partial charge in [-0.1, -0.05) is 37.3 Å². The molecule has 1 aromatic carbocycles. The zero-order valence-electron chi connectivity index (χ0n) is 18.0. The predicted octanol–water partition coefficient (Wildman–Crippen LogP) is 2.90. The lowest BCUT2D eigenvalue weighted by Gasteiger charge is -2.32. The fourth-order valence-electron chi connectivity index (χ4n) is 3.89. The first-order valence-corrected chi connectivity index (χ1v) is 11.1. The normalized spacial score (nSPS) is 16.1. The summed E-state index contributed by atoms with van der Waals surface area (Å²) >= 11 is 0. The summed E-state index contributed by atoms with van der Waals surface area (Å²) in [5.41, 5.74) is 1.29. The highest BCUT2D eigenvalue weighted by atomic mass is 15.2. The molecule has 0 unspecified atom stereocenters. The Morgan fingerprint density at radius 2 is 1.97 bits per heavy atom. The topological polar surface area (TPSA) is 57.5 Å².